The van der Waals surface area contributed by atoms with Crippen molar-refractivity contribution in [1.82, 2.24) is 14.9 Å². The maximum atomic E-state index is 13.3. The Morgan fingerprint density at radius 1 is 1.03 bits per heavy atom. The fourth-order valence-corrected chi connectivity index (χ4v) is 6.87. The molecule has 39 heavy (non-hydrogen) atoms. The predicted molar refractivity (Wildman–Crippen MR) is 151 cm³/mol. The molecule has 3 aromatic carbocycles. The molecule has 1 amide bonds. The van der Waals surface area contributed by atoms with E-state index in [1.165, 1.54) is 11.8 Å². The second kappa shape index (κ2) is 11.0. The van der Waals surface area contributed by atoms with Crippen LogP contribution in [0.15, 0.2) is 85.9 Å². The fraction of sp³-hybridized carbons (Fsp3) is 0.276. The number of fused-ring (bicyclic) bond motifs is 2. The van der Waals surface area contributed by atoms with E-state index in [0.29, 0.717) is 23.5 Å². The molecule has 0 radical (unpaired) electrons. The molecule has 0 bridgehead atoms. The number of hydrogen-bond acceptors (Lipinski definition) is 7. The molecule has 1 N–H and O–H groups in total. The van der Waals surface area contributed by atoms with Crippen molar-refractivity contribution in [3.05, 3.63) is 83.7 Å². The third-order valence-corrected chi connectivity index (χ3v) is 9.11. The normalized spacial score (nSPS) is 14.2. The molecule has 1 unspecified atom stereocenters. The van der Waals surface area contributed by atoms with Crippen molar-refractivity contribution >= 4 is 33.4 Å². The van der Waals surface area contributed by atoms with Gasteiger partial charge in [0.2, 0.25) is 21.7 Å². The first kappa shape index (κ1) is 27.1. The lowest BCUT2D eigenvalue weighted by Crippen LogP contribution is -2.32. The minimum Gasteiger partial charge on any atom is -0.337 e. The van der Waals surface area contributed by atoms with Gasteiger partial charge in [-0.1, -0.05) is 67.5 Å². The number of amides is 1. The van der Waals surface area contributed by atoms with E-state index in [1.807, 2.05) is 75.1 Å². The summed E-state index contributed by atoms with van der Waals surface area (Å²) in [6, 6.07) is 19.3. The average molecular weight is 563 g/mol. The van der Waals surface area contributed by atoms with Gasteiger partial charge in [0.15, 0.2) is 0 Å². The molecule has 1 aliphatic rings. The van der Waals surface area contributed by atoms with Crippen molar-refractivity contribution in [2.24, 2.45) is 5.92 Å². The van der Waals surface area contributed by atoms with Gasteiger partial charge in [-0.3, -0.25) is 4.79 Å². The van der Waals surface area contributed by atoms with Crippen molar-refractivity contribution in [1.29, 1.82) is 0 Å². The molecule has 0 aliphatic carbocycles. The summed E-state index contributed by atoms with van der Waals surface area (Å²) >= 11 is 1.53. The second-order valence-corrected chi connectivity index (χ2v) is 12.6. The summed E-state index contributed by atoms with van der Waals surface area (Å²) in [5.74, 6) is 0.367. The largest absolute Gasteiger partial charge is 0.337 e. The number of aromatic nitrogens is 2. The Hall–Kier alpha value is -3.47. The monoisotopic (exact) mass is 562 g/mol. The molecule has 2 heterocycles. The number of carbonyl (C=O) groups is 1. The van der Waals surface area contributed by atoms with E-state index in [4.69, 9.17) is 4.52 Å². The first-order valence-corrected chi connectivity index (χ1v) is 15.1. The van der Waals surface area contributed by atoms with Gasteiger partial charge >= 0.3 is 0 Å². The Balaban J connectivity index is 1.47. The van der Waals surface area contributed by atoms with Gasteiger partial charge < -0.3 is 9.42 Å². The van der Waals surface area contributed by atoms with Gasteiger partial charge in [0, 0.05) is 21.9 Å². The van der Waals surface area contributed by atoms with Gasteiger partial charge in [-0.05, 0) is 61.7 Å². The van der Waals surface area contributed by atoms with Crippen LogP contribution in [-0.4, -0.2) is 31.0 Å². The van der Waals surface area contributed by atoms with Crippen LogP contribution in [0.1, 0.15) is 55.0 Å². The van der Waals surface area contributed by atoms with Crippen molar-refractivity contribution < 1.29 is 17.7 Å². The van der Waals surface area contributed by atoms with Crippen LogP contribution in [0.4, 0.5) is 5.69 Å². The Labute approximate surface area is 232 Å². The quantitative estimate of drug-likeness (QED) is 0.271. The van der Waals surface area contributed by atoms with Crippen LogP contribution in [0.3, 0.4) is 0 Å². The predicted octanol–water partition coefficient (Wildman–Crippen LogP) is 6.24. The molecule has 5 rings (SSSR count). The minimum absolute atomic E-state index is 0.0195. The Kier molecular flexibility index (Phi) is 7.61. The number of benzene rings is 3. The molecule has 0 spiro atoms. The van der Waals surface area contributed by atoms with Crippen LogP contribution in [-0.2, 0) is 10.0 Å². The van der Waals surface area contributed by atoms with Gasteiger partial charge in [-0.2, -0.15) is 9.71 Å². The van der Waals surface area contributed by atoms with E-state index in [-0.39, 0.29) is 22.6 Å². The molecule has 1 aromatic heterocycles. The number of sulfonamides is 1. The molecule has 8 nitrogen and oxygen atoms in total. The number of nitrogens with zero attached hydrogens (tertiary/aromatic N) is 3. The third kappa shape index (κ3) is 5.50. The first-order chi connectivity index (χ1) is 18.7. The minimum atomic E-state index is -3.80. The second-order valence-electron chi connectivity index (χ2n) is 9.85. The standard InChI is InChI=1S/C29H30N4O4S2/c1-5-16-33-23-15-12-20(17-25(23)38-24-9-7-6-8-22(24)29(33)34)27-30-28(37-31-27)26(18(2)3)32-39(35,36)21-13-10-19(4)11-14-21/h6-15,17-18,26,32H,5,16H2,1-4H3. The highest BCUT2D eigenvalue weighted by molar-refractivity contribution is 7.99. The van der Waals surface area contributed by atoms with Gasteiger partial charge in [-0.15, -0.1) is 0 Å². The number of anilines is 1. The summed E-state index contributed by atoms with van der Waals surface area (Å²) < 4.78 is 34.5. The molecule has 0 saturated carbocycles. The Morgan fingerprint density at radius 3 is 2.49 bits per heavy atom. The summed E-state index contributed by atoms with van der Waals surface area (Å²) in [7, 11) is -3.80. The van der Waals surface area contributed by atoms with E-state index in [0.717, 1.165) is 27.5 Å². The van der Waals surface area contributed by atoms with Crippen LogP contribution in [0.2, 0.25) is 0 Å². The highest BCUT2D eigenvalue weighted by Crippen LogP contribution is 2.43. The molecule has 1 atom stereocenters. The molecular formula is C29H30N4O4S2. The van der Waals surface area contributed by atoms with Crippen molar-refractivity contribution in [2.75, 3.05) is 11.4 Å². The van der Waals surface area contributed by atoms with Crippen LogP contribution in [0, 0.1) is 12.8 Å². The van der Waals surface area contributed by atoms with E-state index in [9.17, 15) is 13.2 Å². The SMILES string of the molecule is CCCN1C(=O)c2ccccc2Sc2cc(-c3noc(C(NS(=O)(=O)c4ccc(C)cc4)C(C)C)n3)ccc21. The topological polar surface area (TPSA) is 105 Å². The smallest absolute Gasteiger partial charge is 0.259 e. The molecule has 1 aliphatic heterocycles. The lowest BCUT2D eigenvalue weighted by molar-refractivity contribution is 0.0984. The van der Waals surface area contributed by atoms with Crippen molar-refractivity contribution in [3.63, 3.8) is 0 Å². The van der Waals surface area contributed by atoms with E-state index in [2.05, 4.69) is 14.9 Å². The first-order valence-electron chi connectivity index (χ1n) is 12.8. The number of nitrogens with one attached hydrogen (secondary N) is 1. The Bertz CT molecular complexity index is 1610. The molecule has 0 saturated heterocycles. The molecule has 0 fully saturated rings. The van der Waals surface area contributed by atoms with Gasteiger partial charge in [0.1, 0.15) is 6.04 Å². The average Bonchev–Trinajstić information content (AvgIpc) is 3.37. The van der Waals surface area contributed by atoms with E-state index in [1.54, 1.807) is 24.3 Å². The summed E-state index contributed by atoms with van der Waals surface area (Å²) in [6.45, 7) is 8.33. The zero-order chi connectivity index (χ0) is 27.7. The summed E-state index contributed by atoms with van der Waals surface area (Å²) in [6.07, 6.45) is 0.822. The Morgan fingerprint density at radius 2 is 1.77 bits per heavy atom. The summed E-state index contributed by atoms with van der Waals surface area (Å²) in [5.41, 5.74) is 3.20. The van der Waals surface area contributed by atoms with Crippen LogP contribution in [0.25, 0.3) is 11.4 Å². The van der Waals surface area contributed by atoms with Gasteiger partial charge in [-0.25, -0.2) is 8.42 Å². The number of rotatable bonds is 8. The lowest BCUT2D eigenvalue weighted by Gasteiger charge is -2.22. The van der Waals surface area contributed by atoms with Crippen molar-refractivity contribution in [2.45, 2.75) is 54.8 Å². The van der Waals surface area contributed by atoms with Crippen LogP contribution in [0.5, 0.6) is 0 Å². The molecule has 202 valence electrons. The zero-order valence-corrected chi connectivity index (χ0v) is 23.8. The third-order valence-electron chi connectivity index (χ3n) is 6.53. The molecule has 4 aromatic rings. The van der Waals surface area contributed by atoms with E-state index >= 15 is 0 Å². The van der Waals surface area contributed by atoms with Gasteiger partial charge in [0.05, 0.1) is 16.1 Å². The van der Waals surface area contributed by atoms with Gasteiger partial charge in [0.25, 0.3) is 5.91 Å². The highest BCUT2D eigenvalue weighted by Gasteiger charge is 2.30. The number of hydrogen-bond donors (Lipinski definition) is 1. The molecule has 10 heteroatoms. The number of aryl methyl sites for hydroxylation is 1. The van der Waals surface area contributed by atoms with Crippen LogP contribution >= 0.6 is 11.8 Å². The highest BCUT2D eigenvalue weighted by atomic mass is 32.2. The van der Waals surface area contributed by atoms with Crippen molar-refractivity contribution in [3.8, 4) is 11.4 Å². The van der Waals surface area contributed by atoms with Crippen LogP contribution < -0.4 is 9.62 Å². The summed E-state index contributed by atoms with van der Waals surface area (Å²) in [4.78, 5) is 21.7. The van der Waals surface area contributed by atoms with E-state index < -0.39 is 16.1 Å². The lowest BCUT2D eigenvalue weighted by atomic mass is 10.1. The fourth-order valence-electron chi connectivity index (χ4n) is 4.41. The summed E-state index contributed by atoms with van der Waals surface area (Å²) in [5, 5.41) is 4.18. The molecular weight excluding hydrogens is 532 g/mol. The maximum Gasteiger partial charge on any atom is 0.259 e. The zero-order valence-electron chi connectivity index (χ0n) is 22.2. The number of carbonyl (C=O) groups excluding carboxylic acids is 1. The maximum absolute atomic E-state index is 13.3.